The van der Waals surface area contributed by atoms with Crippen molar-refractivity contribution >= 4 is 16.8 Å². The zero-order chi connectivity index (χ0) is 10.1. The summed E-state index contributed by atoms with van der Waals surface area (Å²) >= 11 is 1.98. The van der Waals surface area contributed by atoms with Crippen molar-refractivity contribution in [1.29, 1.82) is 0 Å². The van der Waals surface area contributed by atoms with E-state index in [-0.39, 0.29) is 0 Å². The smallest absolute Gasteiger partial charge is 0.208 e. The lowest BCUT2D eigenvalue weighted by atomic mass is 10.1. The number of rotatable bonds is 1. The molecule has 1 heterocycles. The lowest BCUT2D eigenvalue weighted by Crippen LogP contribution is -2.20. The molecule has 2 heteroatoms. The summed E-state index contributed by atoms with van der Waals surface area (Å²) in [6, 6.07) is 11.4. The van der Waals surface area contributed by atoms with Crippen LogP contribution in [-0.4, -0.2) is 22.7 Å². The van der Waals surface area contributed by atoms with Gasteiger partial charge in [0.2, 0.25) is 5.04 Å². The highest BCUT2D eigenvalue weighted by Gasteiger charge is 2.35. The molecule has 0 radical (unpaired) electrons. The Bertz CT molecular complexity index is 356. The van der Waals surface area contributed by atoms with E-state index >= 15 is 0 Å². The Hall–Kier alpha value is -0.760. The fourth-order valence-electron chi connectivity index (χ4n) is 1.84. The van der Waals surface area contributed by atoms with Gasteiger partial charge in [0.1, 0.15) is 12.3 Å². The van der Waals surface area contributed by atoms with E-state index in [1.807, 2.05) is 11.8 Å². The SMILES string of the molecule is CC1=[N+](C)[C@H](C)[C@H](c2ccccc2)S1. The maximum atomic E-state index is 2.36. The molecule has 2 atom stereocenters. The van der Waals surface area contributed by atoms with Crippen molar-refractivity contribution in [3.63, 3.8) is 0 Å². The average molecular weight is 206 g/mol. The summed E-state index contributed by atoms with van der Waals surface area (Å²) in [5.74, 6) is 0. The van der Waals surface area contributed by atoms with Crippen molar-refractivity contribution in [1.82, 2.24) is 0 Å². The van der Waals surface area contributed by atoms with Gasteiger partial charge in [0.05, 0.1) is 0 Å². The molecular weight excluding hydrogens is 190 g/mol. The van der Waals surface area contributed by atoms with Gasteiger partial charge in [0, 0.05) is 6.92 Å². The molecule has 0 aromatic heterocycles. The van der Waals surface area contributed by atoms with Crippen molar-refractivity contribution in [2.75, 3.05) is 7.05 Å². The van der Waals surface area contributed by atoms with E-state index in [2.05, 4.69) is 55.8 Å². The Labute approximate surface area is 89.8 Å². The normalized spacial score (nSPS) is 27.1. The summed E-state index contributed by atoms with van der Waals surface area (Å²) in [7, 11) is 2.18. The molecule has 0 aliphatic carbocycles. The lowest BCUT2D eigenvalue weighted by Gasteiger charge is -2.11. The maximum absolute atomic E-state index is 2.36. The van der Waals surface area contributed by atoms with E-state index in [1.165, 1.54) is 10.6 Å². The summed E-state index contributed by atoms with van der Waals surface area (Å²) in [6.45, 7) is 4.49. The van der Waals surface area contributed by atoms with Crippen LogP contribution < -0.4 is 0 Å². The fourth-order valence-corrected chi connectivity index (χ4v) is 3.22. The first kappa shape index (κ1) is 9.78. The van der Waals surface area contributed by atoms with Crippen LogP contribution in [0, 0.1) is 0 Å². The first-order valence-corrected chi connectivity index (χ1v) is 5.86. The summed E-state index contributed by atoms with van der Waals surface area (Å²) < 4.78 is 2.36. The second-order valence-electron chi connectivity index (χ2n) is 3.82. The van der Waals surface area contributed by atoms with E-state index < -0.39 is 0 Å². The minimum absolute atomic E-state index is 0.598. The number of nitrogens with zero attached hydrogens (tertiary/aromatic N) is 1. The van der Waals surface area contributed by atoms with Gasteiger partial charge in [-0.15, -0.1) is 0 Å². The Kier molecular flexibility index (Phi) is 2.64. The van der Waals surface area contributed by atoms with Crippen LogP contribution in [0.4, 0.5) is 0 Å². The molecule has 1 aromatic carbocycles. The second-order valence-corrected chi connectivity index (χ2v) is 5.15. The Morgan fingerprint density at radius 3 is 2.36 bits per heavy atom. The fraction of sp³-hybridized carbons (Fsp3) is 0.417. The van der Waals surface area contributed by atoms with E-state index in [1.54, 1.807) is 0 Å². The monoisotopic (exact) mass is 206 g/mol. The highest BCUT2D eigenvalue weighted by molar-refractivity contribution is 8.14. The zero-order valence-corrected chi connectivity index (χ0v) is 9.71. The molecule has 0 amide bonds. The molecule has 14 heavy (non-hydrogen) atoms. The first-order chi connectivity index (χ1) is 6.70. The molecule has 0 saturated heterocycles. The van der Waals surface area contributed by atoms with E-state index in [0.717, 1.165) is 0 Å². The summed E-state index contributed by atoms with van der Waals surface area (Å²) in [5, 5.41) is 2.02. The zero-order valence-electron chi connectivity index (χ0n) is 8.90. The molecule has 0 N–H and O–H groups in total. The summed E-state index contributed by atoms with van der Waals surface area (Å²) in [4.78, 5) is 0. The topological polar surface area (TPSA) is 3.01 Å². The van der Waals surface area contributed by atoms with Crippen LogP contribution >= 0.6 is 11.8 Å². The molecule has 1 aromatic rings. The van der Waals surface area contributed by atoms with E-state index in [4.69, 9.17) is 0 Å². The van der Waals surface area contributed by atoms with Crippen molar-refractivity contribution < 1.29 is 4.58 Å². The quantitative estimate of drug-likeness (QED) is 0.638. The van der Waals surface area contributed by atoms with E-state index in [9.17, 15) is 0 Å². The average Bonchev–Trinajstić information content (AvgIpc) is 2.47. The van der Waals surface area contributed by atoms with Crippen LogP contribution in [0.5, 0.6) is 0 Å². The standard InChI is InChI=1S/C12H16NS/c1-9-12(14-10(2)13(9)3)11-7-5-4-6-8-11/h4-9,12H,1-3H3/q+1/t9-,12-/m1/s1. The minimum Gasteiger partial charge on any atom is -0.227 e. The molecule has 1 nitrogen and oxygen atoms in total. The summed E-state index contributed by atoms with van der Waals surface area (Å²) in [6.07, 6.45) is 0. The van der Waals surface area contributed by atoms with Crippen molar-refractivity contribution in [3.8, 4) is 0 Å². The molecule has 0 saturated carbocycles. The number of hydrogen-bond donors (Lipinski definition) is 0. The molecule has 0 spiro atoms. The highest BCUT2D eigenvalue weighted by atomic mass is 32.2. The first-order valence-electron chi connectivity index (χ1n) is 4.98. The van der Waals surface area contributed by atoms with Crippen LogP contribution in [0.1, 0.15) is 24.7 Å². The van der Waals surface area contributed by atoms with Crippen LogP contribution in [0.25, 0.3) is 0 Å². The molecular formula is C12H16NS+. The Morgan fingerprint density at radius 2 is 1.86 bits per heavy atom. The van der Waals surface area contributed by atoms with Crippen LogP contribution in [0.2, 0.25) is 0 Å². The van der Waals surface area contributed by atoms with Crippen molar-refractivity contribution in [2.45, 2.75) is 25.1 Å². The lowest BCUT2D eigenvalue weighted by molar-refractivity contribution is -0.528. The third-order valence-corrected chi connectivity index (χ3v) is 4.52. The third kappa shape index (κ3) is 1.59. The second kappa shape index (κ2) is 3.77. The van der Waals surface area contributed by atoms with Gasteiger partial charge in [-0.3, -0.25) is 0 Å². The highest BCUT2D eigenvalue weighted by Crippen LogP contribution is 2.38. The predicted molar refractivity (Wildman–Crippen MR) is 63.1 cm³/mol. The van der Waals surface area contributed by atoms with Gasteiger partial charge in [0.15, 0.2) is 6.04 Å². The molecule has 0 unspecified atom stereocenters. The molecule has 0 fully saturated rings. The summed E-state index contributed by atoms with van der Waals surface area (Å²) in [5.41, 5.74) is 1.44. The van der Waals surface area contributed by atoms with Gasteiger partial charge in [-0.2, -0.15) is 0 Å². The third-order valence-electron chi connectivity index (χ3n) is 2.97. The van der Waals surface area contributed by atoms with E-state index in [0.29, 0.717) is 11.3 Å². The maximum Gasteiger partial charge on any atom is 0.208 e. The van der Waals surface area contributed by atoms with Gasteiger partial charge >= 0.3 is 0 Å². The number of hydrogen-bond acceptors (Lipinski definition) is 1. The Morgan fingerprint density at radius 1 is 1.21 bits per heavy atom. The molecule has 74 valence electrons. The van der Waals surface area contributed by atoms with Gasteiger partial charge in [-0.05, 0) is 24.2 Å². The van der Waals surface area contributed by atoms with Crippen molar-refractivity contribution in [2.24, 2.45) is 0 Å². The predicted octanol–water partition coefficient (Wildman–Crippen LogP) is 2.92. The van der Waals surface area contributed by atoms with Crippen molar-refractivity contribution in [3.05, 3.63) is 35.9 Å². The molecule has 0 bridgehead atoms. The van der Waals surface area contributed by atoms with Gasteiger partial charge < -0.3 is 0 Å². The van der Waals surface area contributed by atoms with Crippen LogP contribution in [0.3, 0.4) is 0 Å². The van der Waals surface area contributed by atoms with Crippen LogP contribution in [-0.2, 0) is 0 Å². The Balaban J connectivity index is 2.25. The van der Waals surface area contributed by atoms with Gasteiger partial charge in [0.25, 0.3) is 0 Å². The van der Waals surface area contributed by atoms with Gasteiger partial charge in [-0.25, -0.2) is 4.58 Å². The van der Waals surface area contributed by atoms with Gasteiger partial charge in [-0.1, -0.05) is 30.3 Å². The molecule has 1 aliphatic heterocycles. The number of likely N-dealkylation sites (N-methyl/N-ethyl adjacent to an activating group) is 1. The molecule has 2 rings (SSSR count). The minimum atomic E-state index is 0.598. The number of benzene rings is 1. The largest absolute Gasteiger partial charge is 0.227 e. The van der Waals surface area contributed by atoms with Crippen LogP contribution in [0.15, 0.2) is 30.3 Å². The number of thioether (sulfide) groups is 1. The molecule has 1 aliphatic rings.